The van der Waals surface area contributed by atoms with E-state index in [1.165, 1.54) is 11.1 Å². The van der Waals surface area contributed by atoms with E-state index in [4.69, 9.17) is 4.74 Å². The minimum Gasteiger partial charge on any atom is -0.390 e. The molecule has 0 aromatic heterocycles. The molecule has 1 aliphatic heterocycles. The lowest BCUT2D eigenvalue weighted by Gasteiger charge is -2.29. The number of nitrogens with zero attached hydrogens (tertiary/aromatic N) is 1. The van der Waals surface area contributed by atoms with E-state index in [0.29, 0.717) is 25.4 Å². The smallest absolute Gasteiger partial charge is 0.220 e. The monoisotopic (exact) mass is 332 g/mol. The Balaban J connectivity index is 1.43. The largest absolute Gasteiger partial charge is 0.390 e. The molecule has 0 bridgehead atoms. The summed E-state index contributed by atoms with van der Waals surface area (Å²) < 4.78 is 5.30. The number of aryl methyl sites for hydroxylation is 1. The summed E-state index contributed by atoms with van der Waals surface area (Å²) in [5.74, 6) is 0.351. The predicted octanol–water partition coefficient (Wildman–Crippen LogP) is 1.31. The molecule has 1 aliphatic carbocycles. The molecule has 1 heterocycles. The van der Waals surface area contributed by atoms with Crippen molar-refractivity contribution in [3.8, 4) is 0 Å². The van der Waals surface area contributed by atoms with Gasteiger partial charge in [0.05, 0.1) is 19.3 Å². The molecule has 1 aromatic rings. The quantitative estimate of drug-likeness (QED) is 0.824. The fraction of sp³-hybridized carbons (Fsp3) is 0.632. The molecule has 1 fully saturated rings. The van der Waals surface area contributed by atoms with E-state index in [2.05, 4.69) is 34.5 Å². The average molecular weight is 332 g/mol. The van der Waals surface area contributed by atoms with Crippen molar-refractivity contribution in [1.29, 1.82) is 0 Å². The molecule has 5 heteroatoms. The first-order valence-corrected chi connectivity index (χ1v) is 9.05. The third kappa shape index (κ3) is 4.79. The second-order valence-electron chi connectivity index (χ2n) is 6.86. The van der Waals surface area contributed by atoms with Gasteiger partial charge in [-0.3, -0.25) is 9.69 Å². The summed E-state index contributed by atoms with van der Waals surface area (Å²) >= 11 is 0. The first-order valence-electron chi connectivity index (χ1n) is 9.05. The van der Waals surface area contributed by atoms with Crippen LogP contribution in [0.25, 0.3) is 0 Å². The van der Waals surface area contributed by atoms with Gasteiger partial charge in [-0.05, 0) is 36.3 Å². The Morgan fingerprint density at radius 1 is 1.33 bits per heavy atom. The van der Waals surface area contributed by atoms with Crippen LogP contribution in [0.1, 0.15) is 36.3 Å². The standard InChI is InChI=1S/C19H28N2O3/c22-17(14-21-8-10-24-11-9-21)13-20-19(23)12-16-6-3-5-15-4-1-2-7-18(15)16/h1-2,4,7,16-17,22H,3,5-6,8-14H2,(H,20,23). The van der Waals surface area contributed by atoms with Gasteiger partial charge in [0.15, 0.2) is 0 Å². The lowest BCUT2D eigenvalue weighted by atomic mass is 9.81. The lowest BCUT2D eigenvalue weighted by molar-refractivity contribution is -0.122. The SMILES string of the molecule is O=C(CC1CCCc2ccccc21)NCC(O)CN1CCOCC1. The highest BCUT2D eigenvalue weighted by Gasteiger charge is 2.22. The summed E-state index contributed by atoms with van der Waals surface area (Å²) in [6, 6.07) is 8.45. The maximum atomic E-state index is 12.3. The van der Waals surface area contributed by atoms with Crippen molar-refractivity contribution in [2.75, 3.05) is 39.4 Å². The summed E-state index contributed by atoms with van der Waals surface area (Å²) in [5, 5.41) is 13.0. The number of fused-ring (bicyclic) bond motifs is 1. The summed E-state index contributed by atoms with van der Waals surface area (Å²) in [5.41, 5.74) is 2.71. The molecule has 24 heavy (non-hydrogen) atoms. The summed E-state index contributed by atoms with van der Waals surface area (Å²) in [6.07, 6.45) is 3.33. The van der Waals surface area contributed by atoms with Gasteiger partial charge in [-0.1, -0.05) is 24.3 Å². The number of benzene rings is 1. The van der Waals surface area contributed by atoms with Crippen molar-refractivity contribution >= 4 is 5.91 Å². The predicted molar refractivity (Wildman–Crippen MR) is 93.0 cm³/mol. The van der Waals surface area contributed by atoms with E-state index in [0.717, 1.165) is 45.6 Å². The number of carbonyl (C=O) groups excluding carboxylic acids is 1. The zero-order chi connectivity index (χ0) is 16.8. The van der Waals surface area contributed by atoms with Gasteiger partial charge in [0.25, 0.3) is 0 Å². The highest BCUT2D eigenvalue weighted by Crippen LogP contribution is 2.33. The number of hydrogen-bond donors (Lipinski definition) is 2. The fourth-order valence-corrected chi connectivity index (χ4v) is 3.74. The van der Waals surface area contributed by atoms with E-state index in [1.807, 2.05) is 0 Å². The fourth-order valence-electron chi connectivity index (χ4n) is 3.74. The summed E-state index contributed by atoms with van der Waals surface area (Å²) in [7, 11) is 0. The Kier molecular flexibility index (Phi) is 6.24. The van der Waals surface area contributed by atoms with Gasteiger partial charge in [0, 0.05) is 32.6 Å². The number of amides is 1. The third-order valence-corrected chi connectivity index (χ3v) is 5.03. The zero-order valence-corrected chi connectivity index (χ0v) is 14.2. The van der Waals surface area contributed by atoms with Gasteiger partial charge in [-0.2, -0.15) is 0 Å². The second-order valence-corrected chi connectivity index (χ2v) is 6.86. The van der Waals surface area contributed by atoms with E-state index < -0.39 is 6.10 Å². The number of aliphatic hydroxyl groups is 1. The van der Waals surface area contributed by atoms with Crippen LogP contribution in [0.5, 0.6) is 0 Å². The molecular weight excluding hydrogens is 304 g/mol. The Bertz CT molecular complexity index is 543. The molecule has 1 aromatic carbocycles. The molecule has 2 unspecified atom stereocenters. The highest BCUT2D eigenvalue weighted by molar-refractivity contribution is 5.77. The minimum absolute atomic E-state index is 0.0396. The van der Waals surface area contributed by atoms with Crippen LogP contribution in [0, 0.1) is 0 Å². The van der Waals surface area contributed by atoms with Crippen LogP contribution >= 0.6 is 0 Å². The highest BCUT2D eigenvalue weighted by atomic mass is 16.5. The lowest BCUT2D eigenvalue weighted by Crippen LogP contribution is -2.44. The van der Waals surface area contributed by atoms with Crippen LogP contribution in [-0.2, 0) is 16.0 Å². The van der Waals surface area contributed by atoms with Gasteiger partial charge in [0.2, 0.25) is 5.91 Å². The number of rotatable bonds is 6. The molecule has 0 radical (unpaired) electrons. The van der Waals surface area contributed by atoms with Crippen LogP contribution < -0.4 is 5.32 Å². The van der Waals surface area contributed by atoms with E-state index >= 15 is 0 Å². The molecule has 5 nitrogen and oxygen atoms in total. The van der Waals surface area contributed by atoms with E-state index in [9.17, 15) is 9.90 Å². The Labute approximate surface area is 144 Å². The van der Waals surface area contributed by atoms with Crippen molar-refractivity contribution in [2.45, 2.75) is 37.7 Å². The molecule has 2 aliphatic rings. The summed E-state index contributed by atoms with van der Waals surface area (Å²) in [6.45, 7) is 4.06. The molecule has 1 amide bonds. The number of morpholine rings is 1. The number of ether oxygens (including phenoxy) is 1. The van der Waals surface area contributed by atoms with Crippen molar-refractivity contribution in [3.63, 3.8) is 0 Å². The zero-order valence-electron chi connectivity index (χ0n) is 14.2. The van der Waals surface area contributed by atoms with Gasteiger partial charge in [-0.25, -0.2) is 0 Å². The number of carbonyl (C=O) groups is 1. The van der Waals surface area contributed by atoms with Crippen LogP contribution in [0.2, 0.25) is 0 Å². The van der Waals surface area contributed by atoms with Gasteiger partial charge >= 0.3 is 0 Å². The number of hydrogen-bond acceptors (Lipinski definition) is 4. The average Bonchev–Trinajstić information content (AvgIpc) is 2.61. The van der Waals surface area contributed by atoms with E-state index in [1.54, 1.807) is 0 Å². The van der Waals surface area contributed by atoms with Crippen LogP contribution in [0.3, 0.4) is 0 Å². The Hall–Kier alpha value is -1.43. The molecule has 2 N–H and O–H groups in total. The van der Waals surface area contributed by atoms with Gasteiger partial charge in [-0.15, -0.1) is 0 Å². The van der Waals surface area contributed by atoms with Gasteiger partial charge < -0.3 is 15.2 Å². The molecular formula is C19H28N2O3. The van der Waals surface area contributed by atoms with Crippen molar-refractivity contribution in [1.82, 2.24) is 10.2 Å². The number of β-amino-alcohol motifs (C(OH)–C–C–N with tert-alkyl or cyclic N) is 1. The van der Waals surface area contributed by atoms with E-state index in [-0.39, 0.29) is 5.91 Å². The van der Waals surface area contributed by atoms with Crippen LogP contribution in [-0.4, -0.2) is 61.4 Å². The Morgan fingerprint density at radius 3 is 2.96 bits per heavy atom. The number of aliphatic hydroxyl groups excluding tert-OH is 1. The normalized spacial score (nSPS) is 22.6. The van der Waals surface area contributed by atoms with Crippen molar-refractivity contribution in [3.05, 3.63) is 35.4 Å². The second kappa shape index (κ2) is 8.60. The molecule has 0 spiro atoms. The first kappa shape index (κ1) is 17.4. The molecule has 2 atom stereocenters. The topological polar surface area (TPSA) is 61.8 Å². The van der Waals surface area contributed by atoms with Crippen molar-refractivity contribution in [2.24, 2.45) is 0 Å². The molecule has 0 saturated carbocycles. The first-order chi connectivity index (χ1) is 11.7. The molecule has 1 saturated heterocycles. The Morgan fingerprint density at radius 2 is 2.12 bits per heavy atom. The summed E-state index contributed by atoms with van der Waals surface area (Å²) in [4.78, 5) is 14.4. The third-order valence-electron chi connectivity index (χ3n) is 5.03. The van der Waals surface area contributed by atoms with Gasteiger partial charge in [0.1, 0.15) is 0 Å². The maximum absolute atomic E-state index is 12.3. The molecule has 132 valence electrons. The van der Waals surface area contributed by atoms with Crippen LogP contribution in [0.15, 0.2) is 24.3 Å². The number of nitrogens with one attached hydrogen (secondary N) is 1. The van der Waals surface area contributed by atoms with Crippen LogP contribution in [0.4, 0.5) is 0 Å². The minimum atomic E-state index is -0.523. The maximum Gasteiger partial charge on any atom is 0.220 e. The molecule has 3 rings (SSSR count). The van der Waals surface area contributed by atoms with Crippen molar-refractivity contribution < 1.29 is 14.6 Å².